The molecule has 0 atom stereocenters. The zero-order chi connectivity index (χ0) is 22.9. The van der Waals surface area contributed by atoms with Crippen molar-refractivity contribution in [2.45, 2.75) is 30.7 Å². The number of nitrogens with zero attached hydrogens (tertiary/aromatic N) is 2. The molecule has 2 heterocycles. The first-order valence-electron chi connectivity index (χ1n) is 10.5. The fourth-order valence-electron chi connectivity index (χ4n) is 4.08. The molecule has 2 aliphatic heterocycles. The predicted molar refractivity (Wildman–Crippen MR) is 118 cm³/mol. The van der Waals surface area contributed by atoms with Crippen molar-refractivity contribution in [2.75, 3.05) is 31.1 Å². The lowest BCUT2D eigenvalue weighted by Crippen LogP contribution is -2.46. The number of aryl methyl sites for hydroxylation is 1. The molecule has 0 bridgehead atoms. The van der Waals surface area contributed by atoms with Crippen molar-refractivity contribution < 1.29 is 22.4 Å². The maximum absolute atomic E-state index is 13.1. The highest BCUT2D eigenvalue weighted by Gasteiger charge is 2.28. The van der Waals surface area contributed by atoms with Crippen LogP contribution in [0.5, 0.6) is 0 Å². The Morgan fingerprint density at radius 3 is 2.38 bits per heavy atom. The van der Waals surface area contributed by atoms with E-state index in [0.717, 1.165) is 23.4 Å². The molecule has 2 N–H and O–H groups in total. The molecule has 32 heavy (non-hydrogen) atoms. The minimum Gasteiger partial charge on any atom is -0.339 e. The lowest BCUT2D eigenvalue weighted by atomic mass is 10.0. The standard InChI is InChI=1S/C22H25FN4O4S/c1-15-14-16(2-7-20(15)27-13-10-24-22(27)29)21(28)26-11-8-18(9-12-26)25-32(30,31)19-5-3-17(23)4-6-19/h2-7,14,18,25H,8-13H2,1H3,(H,24,29). The van der Waals surface area contributed by atoms with Gasteiger partial charge >= 0.3 is 6.03 Å². The number of hydrogen-bond donors (Lipinski definition) is 2. The van der Waals surface area contributed by atoms with Gasteiger partial charge in [0.15, 0.2) is 0 Å². The number of sulfonamides is 1. The van der Waals surface area contributed by atoms with Crippen molar-refractivity contribution in [2.24, 2.45) is 0 Å². The molecular formula is C22H25FN4O4S. The molecule has 0 radical (unpaired) electrons. The number of rotatable bonds is 5. The van der Waals surface area contributed by atoms with Gasteiger partial charge in [-0.25, -0.2) is 22.3 Å². The van der Waals surface area contributed by atoms with Gasteiger partial charge < -0.3 is 10.2 Å². The number of anilines is 1. The summed E-state index contributed by atoms with van der Waals surface area (Å²) in [7, 11) is -3.75. The van der Waals surface area contributed by atoms with E-state index in [-0.39, 0.29) is 22.9 Å². The van der Waals surface area contributed by atoms with E-state index in [2.05, 4.69) is 10.0 Å². The molecule has 0 spiro atoms. The van der Waals surface area contributed by atoms with Crippen LogP contribution in [-0.4, -0.2) is 57.5 Å². The quantitative estimate of drug-likeness (QED) is 0.715. The molecule has 2 aromatic rings. The van der Waals surface area contributed by atoms with E-state index in [0.29, 0.717) is 44.6 Å². The van der Waals surface area contributed by atoms with E-state index in [4.69, 9.17) is 0 Å². The van der Waals surface area contributed by atoms with Crippen molar-refractivity contribution in [3.05, 3.63) is 59.4 Å². The third-order valence-corrected chi connectivity index (χ3v) is 7.36. The van der Waals surface area contributed by atoms with Gasteiger partial charge in [-0.15, -0.1) is 0 Å². The third-order valence-electron chi connectivity index (χ3n) is 5.82. The van der Waals surface area contributed by atoms with Crippen LogP contribution in [0.1, 0.15) is 28.8 Å². The molecule has 10 heteroatoms. The Morgan fingerprint density at radius 2 is 1.78 bits per heavy atom. The minimum absolute atomic E-state index is 0.0136. The fraction of sp³-hybridized carbons (Fsp3) is 0.364. The number of nitrogens with one attached hydrogen (secondary N) is 2. The summed E-state index contributed by atoms with van der Waals surface area (Å²) in [5.41, 5.74) is 2.16. The van der Waals surface area contributed by atoms with E-state index in [1.54, 1.807) is 28.0 Å². The second kappa shape index (κ2) is 8.87. The van der Waals surface area contributed by atoms with Gasteiger partial charge in [0, 0.05) is 43.5 Å². The van der Waals surface area contributed by atoms with Gasteiger partial charge in [-0.05, 0) is 67.8 Å². The number of carbonyl (C=O) groups is 2. The molecule has 4 rings (SSSR count). The van der Waals surface area contributed by atoms with Crippen LogP contribution in [0.2, 0.25) is 0 Å². The van der Waals surface area contributed by atoms with Gasteiger partial charge in [-0.1, -0.05) is 0 Å². The number of benzene rings is 2. The van der Waals surface area contributed by atoms with Crippen LogP contribution in [0.3, 0.4) is 0 Å². The van der Waals surface area contributed by atoms with Crippen molar-refractivity contribution in [3.63, 3.8) is 0 Å². The van der Waals surface area contributed by atoms with Crippen molar-refractivity contribution in [1.29, 1.82) is 0 Å². The molecule has 0 aliphatic carbocycles. The average molecular weight is 461 g/mol. The van der Waals surface area contributed by atoms with Gasteiger partial charge in [0.2, 0.25) is 10.0 Å². The molecule has 2 saturated heterocycles. The first-order chi connectivity index (χ1) is 15.2. The van der Waals surface area contributed by atoms with Gasteiger partial charge in [0.25, 0.3) is 5.91 Å². The van der Waals surface area contributed by atoms with Crippen LogP contribution >= 0.6 is 0 Å². The van der Waals surface area contributed by atoms with Crippen LogP contribution in [-0.2, 0) is 10.0 Å². The van der Waals surface area contributed by atoms with Gasteiger partial charge in [-0.2, -0.15) is 0 Å². The second-order valence-corrected chi connectivity index (χ2v) is 9.74. The number of likely N-dealkylation sites (tertiary alicyclic amines) is 1. The highest BCUT2D eigenvalue weighted by Crippen LogP contribution is 2.24. The highest BCUT2D eigenvalue weighted by molar-refractivity contribution is 7.89. The number of piperidine rings is 1. The van der Waals surface area contributed by atoms with Crippen molar-refractivity contribution in [3.8, 4) is 0 Å². The Bertz CT molecular complexity index is 1130. The SMILES string of the molecule is Cc1cc(C(=O)N2CCC(NS(=O)(=O)c3ccc(F)cc3)CC2)ccc1N1CCNC1=O. The van der Waals surface area contributed by atoms with Crippen LogP contribution in [0.15, 0.2) is 47.4 Å². The molecule has 8 nitrogen and oxygen atoms in total. The Morgan fingerprint density at radius 1 is 1.09 bits per heavy atom. The van der Waals surface area contributed by atoms with Gasteiger partial charge in [0.1, 0.15) is 5.82 Å². The second-order valence-electron chi connectivity index (χ2n) is 8.03. The monoisotopic (exact) mass is 460 g/mol. The van der Waals surface area contributed by atoms with Crippen LogP contribution in [0.25, 0.3) is 0 Å². The van der Waals surface area contributed by atoms with Crippen LogP contribution in [0, 0.1) is 12.7 Å². The van der Waals surface area contributed by atoms with E-state index in [1.165, 1.54) is 12.1 Å². The third kappa shape index (κ3) is 4.61. The maximum Gasteiger partial charge on any atom is 0.322 e. The molecule has 2 aromatic carbocycles. The Hall–Kier alpha value is -2.98. The fourth-order valence-corrected chi connectivity index (χ4v) is 5.38. The topological polar surface area (TPSA) is 98.8 Å². The summed E-state index contributed by atoms with van der Waals surface area (Å²) in [4.78, 5) is 28.2. The van der Waals surface area contributed by atoms with E-state index in [1.807, 2.05) is 6.92 Å². The molecule has 170 valence electrons. The highest BCUT2D eigenvalue weighted by atomic mass is 32.2. The molecule has 3 amide bonds. The molecule has 2 fully saturated rings. The Labute approximate surface area is 186 Å². The van der Waals surface area contributed by atoms with Crippen molar-refractivity contribution in [1.82, 2.24) is 14.9 Å². The summed E-state index contributed by atoms with van der Waals surface area (Å²) in [6.45, 7) is 3.90. The summed E-state index contributed by atoms with van der Waals surface area (Å²) >= 11 is 0. The molecule has 0 saturated carbocycles. The van der Waals surface area contributed by atoms with Crippen LogP contribution in [0.4, 0.5) is 14.9 Å². The molecule has 0 unspecified atom stereocenters. The number of urea groups is 1. The summed E-state index contributed by atoms with van der Waals surface area (Å²) in [5.74, 6) is -0.617. The largest absolute Gasteiger partial charge is 0.339 e. The van der Waals surface area contributed by atoms with E-state index >= 15 is 0 Å². The lowest BCUT2D eigenvalue weighted by Gasteiger charge is -2.32. The minimum atomic E-state index is -3.75. The smallest absolute Gasteiger partial charge is 0.322 e. The number of amides is 3. The van der Waals surface area contributed by atoms with E-state index in [9.17, 15) is 22.4 Å². The van der Waals surface area contributed by atoms with E-state index < -0.39 is 15.8 Å². The normalized spacial score (nSPS) is 17.5. The predicted octanol–water partition coefficient (Wildman–Crippen LogP) is 2.25. The van der Waals surface area contributed by atoms with Gasteiger partial charge in [-0.3, -0.25) is 9.69 Å². The summed E-state index contributed by atoms with van der Waals surface area (Å²) < 4.78 is 40.7. The Kier molecular flexibility index (Phi) is 6.16. The van der Waals surface area contributed by atoms with Crippen LogP contribution < -0.4 is 14.9 Å². The number of hydrogen-bond acceptors (Lipinski definition) is 4. The lowest BCUT2D eigenvalue weighted by molar-refractivity contribution is 0.0711. The molecular weight excluding hydrogens is 435 g/mol. The summed E-state index contributed by atoms with van der Waals surface area (Å²) in [6, 6.07) is 9.54. The number of carbonyl (C=O) groups excluding carboxylic acids is 2. The first kappa shape index (κ1) is 22.2. The summed E-state index contributed by atoms with van der Waals surface area (Å²) in [5, 5.41) is 2.76. The number of halogens is 1. The van der Waals surface area contributed by atoms with Crippen molar-refractivity contribution >= 4 is 27.6 Å². The summed E-state index contributed by atoms with van der Waals surface area (Å²) in [6.07, 6.45) is 0.967. The average Bonchev–Trinajstić information content (AvgIpc) is 3.19. The molecule has 2 aliphatic rings. The zero-order valence-electron chi connectivity index (χ0n) is 17.7. The maximum atomic E-state index is 13.1. The molecule has 0 aromatic heterocycles. The first-order valence-corrected chi connectivity index (χ1v) is 12.0. The Balaban J connectivity index is 1.37. The zero-order valence-corrected chi connectivity index (χ0v) is 18.5. The van der Waals surface area contributed by atoms with Gasteiger partial charge in [0.05, 0.1) is 4.90 Å².